The van der Waals surface area contributed by atoms with Gasteiger partial charge in [0.1, 0.15) is 17.4 Å². The smallest absolute Gasteiger partial charge is 0.191 e. The van der Waals surface area contributed by atoms with Gasteiger partial charge in [0.05, 0.1) is 18.5 Å². The van der Waals surface area contributed by atoms with Crippen LogP contribution in [0.2, 0.25) is 0 Å². The Morgan fingerprint density at radius 2 is 1.91 bits per heavy atom. The molecule has 23 heavy (non-hydrogen) atoms. The summed E-state index contributed by atoms with van der Waals surface area (Å²) in [7, 11) is 1.55. The molecular formula is C16H15F2N3OS. The first-order valence-corrected chi connectivity index (χ1v) is 7.12. The lowest BCUT2D eigenvalue weighted by molar-refractivity contribution is 0.417. The molecule has 2 rings (SSSR count). The predicted molar refractivity (Wildman–Crippen MR) is 90.9 cm³/mol. The van der Waals surface area contributed by atoms with Crippen molar-refractivity contribution in [3.63, 3.8) is 0 Å². The van der Waals surface area contributed by atoms with Crippen LogP contribution in [0.3, 0.4) is 0 Å². The number of hydrazone groups is 1. The predicted octanol–water partition coefficient (Wildman–Crippen LogP) is 3.68. The van der Waals surface area contributed by atoms with Crippen LogP contribution in [0.5, 0.6) is 5.75 Å². The Bertz CT molecular complexity index is 750. The molecule has 4 nitrogen and oxygen atoms in total. The van der Waals surface area contributed by atoms with Gasteiger partial charge in [0.15, 0.2) is 5.11 Å². The molecule has 0 amide bonds. The Morgan fingerprint density at radius 1 is 1.17 bits per heavy atom. The summed E-state index contributed by atoms with van der Waals surface area (Å²) < 4.78 is 32.0. The van der Waals surface area contributed by atoms with E-state index in [1.807, 2.05) is 12.1 Å². The maximum atomic E-state index is 13.6. The molecule has 0 aliphatic heterocycles. The molecule has 0 aliphatic rings. The number of anilines is 1. The van der Waals surface area contributed by atoms with Gasteiger partial charge in [-0.1, -0.05) is 12.1 Å². The van der Waals surface area contributed by atoms with Crippen molar-refractivity contribution in [2.45, 2.75) is 6.92 Å². The largest absolute Gasteiger partial charge is 0.495 e. The summed E-state index contributed by atoms with van der Waals surface area (Å²) in [5, 5.41) is 7.08. The maximum absolute atomic E-state index is 13.6. The van der Waals surface area contributed by atoms with Gasteiger partial charge in [-0.15, -0.1) is 0 Å². The minimum atomic E-state index is -0.557. The first-order chi connectivity index (χ1) is 11.0. The van der Waals surface area contributed by atoms with Crippen LogP contribution in [0.4, 0.5) is 14.5 Å². The van der Waals surface area contributed by atoms with Gasteiger partial charge in [0, 0.05) is 5.56 Å². The van der Waals surface area contributed by atoms with E-state index in [0.29, 0.717) is 11.4 Å². The van der Waals surface area contributed by atoms with Crippen molar-refractivity contribution in [2.24, 2.45) is 5.10 Å². The van der Waals surface area contributed by atoms with Crippen molar-refractivity contribution in [1.29, 1.82) is 0 Å². The molecule has 0 heterocycles. The van der Waals surface area contributed by atoms with E-state index in [1.54, 1.807) is 26.2 Å². The molecule has 0 aliphatic carbocycles. The highest BCUT2D eigenvalue weighted by Gasteiger charge is 2.08. The molecule has 0 radical (unpaired) electrons. The third-order valence-corrected chi connectivity index (χ3v) is 3.19. The zero-order valence-electron chi connectivity index (χ0n) is 12.6. The lowest BCUT2D eigenvalue weighted by Gasteiger charge is -2.11. The lowest BCUT2D eigenvalue weighted by atomic mass is 10.1. The average molecular weight is 335 g/mol. The van der Waals surface area contributed by atoms with Crippen molar-refractivity contribution in [1.82, 2.24) is 5.43 Å². The highest BCUT2D eigenvalue weighted by atomic mass is 32.1. The van der Waals surface area contributed by atoms with E-state index in [-0.39, 0.29) is 16.4 Å². The van der Waals surface area contributed by atoms with Crippen molar-refractivity contribution >= 4 is 28.7 Å². The van der Waals surface area contributed by atoms with Crippen molar-refractivity contribution in [2.75, 3.05) is 12.4 Å². The van der Waals surface area contributed by atoms with E-state index in [1.165, 1.54) is 0 Å². The Hall–Kier alpha value is -2.54. The number of nitrogens with one attached hydrogen (secondary N) is 2. The summed E-state index contributed by atoms with van der Waals surface area (Å²) in [5.74, 6) is -0.475. The second-order valence-electron chi connectivity index (χ2n) is 4.59. The zero-order chi connectivity index (χ0) is 16.8. The van der Waals surface area contributed by atoms with Crippen LogP contribution in [-0.2, 0) is 0 Å². The molecule has 2 aromatic carbocycles. The number of methoxy groups -OCH3 is 1. The van der Waals surface area contributed by atoms with E-state index in [4.69, 9.17) is 17.0 Å². The number of thiocarbonyl (C=S) groups is 1. The summed E-state index contributed by atoms with van der Waals surface area (Å²) in [4.78, 5) is 0. The molecule has 0 fully saturated rings. The van der Waals surface area contributed by atoms with Gasteiger partial charge in [0.2, 0.25) is 0 Å². The standard InChI is InChI=1S/C16H15F2N3OS/c1-10(12-9-11(17)7-8-13(12)18)20-21-16(23)19-14-5-3-4-6-15(14)22-2/h3-9H,1-2H3,(H2,19,21,23)/b20-10-. The van der Waals surface area contributed by atoms with E-state index >= 15 is 0 Å². The molecule has 2 aromatic rings. The van der Waals surface area contributed by atoms with Gasteiger partial charge in [-0.05, 0) is 49.5 Å². The van der Waals surface area contributed by atoms with Gasteiger partial charge in [0.25, 0.3) is 0 Å². The summed E-state index contributed by atoms with van der Waals surface area (Å²) >= 11 is 5.12. The van der Waals surface area contributed by atoms with Crippen molar-refractivity contribution in [3.8, 4) is 5.75 Å². The number of ether oxygens (including phenoxy) is 1. The van der Waals surface area contributed by atoms with Crippen LogP contribution >= 0.6 is 12.2 Å². The quantitative estimate of drug-likeness (QED) is 0.508. The monoisotopic (exact) mass is 335 g/mol. The summed E-state index contributed by atoms with van der Waals surface area (Å²) in [6.45, 7) is 1.55. The Kier molecular flexibility index (Phi) is 5.59. The number of hydrogen-bond acceptors (Lipinski definition) is 3. The first kappa shape index (κ1) is 16.8. The second-order valence-corrected chi connectivity index (χ2v) is 5.00. The SMILES string of the molecule is COc1ccccc1NC(=S)N/N=C(/C)c1cc(F)ccc1F. The molecule has 2 N–H and O–H groups in total. The fourth-order valence-electron chi connectivity index (χ4n) is 1.87. The van der Waals surface area contributed by atoms with Crippen LogP contribution in [0.25, 0.3) is 0 Å². The fraction of sp³-hybridized carbons (Fsp3) is 0.125. The Morgan fingerprint density at radius 3 is 2.65 bits per heavy atom. The lowest BCUT2D eigenvalue weighted by Crippen LogP contribution is -2.25. The zero-order valence-corrected chi connectivity index (χ0v) is 13.4. The molecule has 0 spiro atoms. The molecular weight excluding hydrogens is 320 g/mol. The molecule has 7 heteroatoms. The van der Waals surface area contributed by atoms with Gasteiger partial charge in [-0.2, -0.15) is 5.10 Å². The van der Waals surface area contributed by atoms with Crippen LogP contribution in [0.15, 0.2) is 47.6 Å². The summed E-state index contributed by atoms with van der Waals surface area (Å²) in [6, 6.07) is 10.4. The van der Waals surface area contributed by atoms with Crippen LogP contribution in [0, 0.1) is 11.6 Å². The molecule has 0 atom stereocenters. The van der Waals surface area contributed by atoms with Crippen LogP contribution in [-0.4, -0.2) is 17.9 Å². The van der Waals surface area contributed by atoms with E-state index in [2.05, 4.69) is 15.8 Å². The third kappa shape index (κ3) is 4.46. The molecule has 0 unspecified atom stereocenters. The minimum absolute atomic E-state index is 0.0672. The van der Waals surface area contributed by atoms with Gasteiger partial charge >= 0.3 is 0 Å². The van der Waals surface area contributed by atoms with Crippen LogP contribution < -0.4 is 15.5 Å². The Labute approximate surface area is 138 Å². The summed E-state index contributed by atoms with van der Waals surface area (Å²) in [5.41, 5.74) is 3.59. The number of para-hydroxylation sites is 2. The van der Waals surface area contributed by atoms with Gasteiger partial charge < -0.3 is 10.1 Å². The Balaban J connectivity index is 2.07. The molecule has 0 saturated carbocycles. The topological polar surface area (TPSA) is 45.6 Å². The third-order valence-electron chi connectivity index (χ3n) is 3.00. The number of benzene rings is 2. The van der Waals surface area contributed by atoms with E-state index in [0.717, 1.165) is 18.2 Å². The highest BCUT2D eigenvalue weighted by molar-refractivity contribution is 7.80. The summed E-state index contributed by atoms with van der Waals surface area (Å²) in [6.07, 6.45) is 0. The fourth-order valence-corrected chi connectivity index (χ4v) is 2.02. The molecule has 0 aromatic heterocycles. The minimum Gasteiger partial charge on any atom is -0.495 e. The van der Waals surface area contributed by atoms with Crippen molar-refractivity contribution in [3.05, 3.63) is 59.7 Å². The molecule has 120 valence electrons. The highest BCUT2D eigenvalue weighted by Crippen LogP contribution is 2.22. The van der Waals surface area contributed by atoms with Gasteiger partial charge in [-0.25, -0.2) is 8.78 Å². The number of nitrogens with zero attached hydrogens (tertiary/aromatic N) is 1. The number of hydrogen-bond donors (Lipinski definition) is 2. The maximum Gasteiger partial charge on any atom is 0.191 e. The van der Waals surface area contributed by atoms with Crippen LogP contribution in [0.1, 0.15) is 12.5 Å². The second kappa shape index (κ2) is 7.64. The molecule has 0 saturated heterocycles. The van der Waals surface area contributed by atoms with E-state index < -0.39 is 11.6 Å². The number of rotatable bonds is 4. The normalized spacial score (nSPS) is 11.0. The van der Waals surface area contributed by atoms with E-state index in [9.17, 15) is 8.78 Å². The van der Waals surface area contributed by atoms with Crippen molar-refractivity contribution < 1.29 is 13.5 Å². The van der Waals surface area contributed by atoms with Gasteiger partial charge in [-0.3, -0.25) is 5.43 Å². The number of halogens is 2. The average Bonchev–Trinajstić information content (AvgIpc) is 2.55. The molecule has 0 bridgehead atoms. The first-order valence-electron chi connectivity index (χ1n) is 6.71.